The molecule has 0 aromatic heterocycles. The molecule has 2 unspecified atom stereocenters. The molecule has 110 valence electrons. The molecular weight excluding hydrogens is 256 g/mol. The van der Waals surface area contributed by atoms with E-state index in [-0.39, 0.29) is 11.7 Å². The van der Waals surface area contributed by atoms with Crippen molar-refractivity contribution in [2.24, 2.45) is 11.7 Å². The van der Waals surface area contributed by atoms with Gasteiger partial charge in [-0.25, -0.2) is 0 Å². The van der Waals surface area contributed by atoms with Crippen LogP contribution in [0.1, 0.15) is 30.1 Å². The van der Waals surface area contributed by atoms with Crippen molar-refractivity contribution in [3.05, 3.63) is 29.8 Å². The number of rotatable bonds is 7. The molecule has 3 N–H and O–H groups in total. The molecule has 0 aliphatic rings. The number of Topliss-reactive ketones (excluding diaryl/α,β-unsaturated/α-hetero) is 1. The maximum atomic E-state index is 12.2. The molecule has 2 atom stereocenters. The molecule has 0 aliphatic carbocycles. The van der Waals surface area contributed by atoms with Crippen LogP contribution in [0.4, 0.5) is 5.69 Å². The lowest BCUT2D eigenvalue weighted by Gasteiger charge is -2.15. The summed E-state index contributed by atoms with van der Waals surface area (Å²) in [7, 11) is 3.87. The average molecular weight is 278 g/mol. The number of carboxylic acid groups (broad SMARTS) is 1. The monoisotopic (exact) mass is 278 g/mol. The summed E-state index contributed by atoms with van der Waals surface area (Å²) in [6.07, 6.45) is 0.778. The van der Waals surface area contributed by atoms with Crippen LogP contribution in [0.2, 0.25) is 0 Å². The minimum Gasteiger partial charge on any atom is -0.480 e. The molecule has 1 aromatic carbocycles. The fraction of sp³-hybridized carbons (Fsp3) is 0.467. The second kappa shape index (κ2) is 7.05. The Labute approximate surface area is 119 Å². The highest BCUT2D eigenvalue weighted by molar-refractivity contribution is 5.97. The van der Waals surface area contributed by atoms with Gasteiger partial charge in [-0.05, 0) is 37.1 Å². The SMILES string of the molecule is CC(CCC(N)C(=O)O)C(=O)c1ccc(N(C)C)cc1. The standard InChI is InChI=1S/C15H22N2O3/c1-10(4-9-13(16)15(19)20)14(18)11-5-7-12(8-6-11)17(2)3/h5-8,10,13H,4,9,16H2,1-3H3,(H,19,20). The summed E-state index contributed by atoms with van der Waals surface area (Å²) in [6.45, 7) is 1.80. The summed E-state index contributed by atoms with van der Waals surface area (Å²) >= 11 is 0. The van der Waals surface area contributed by atoms with Gasteiger partial charge in [0.25, 0.3) is 0 Å². The van der Waals surface area contributed by atoms with E-state index in [0.29, 0.717) is 18.4 Å². The van der Waals surface area contributed by atoms with Crippen molar-refractivity contribution in [2.45, 2.75) is 25.8 Å². The highest BCUT2D eigenvalue weighted by Gasteiger charge is 2.18. The molecule has 1 rings (SSSR count). The van der Waals surface area contributed by atoms with Crippen LogP contribution in [0.3, 0.4) is 0 Å². The largest absolute Gasteiger partial charge is 0.480 e. The Morgan fingerprint density at radius 2 is 1.75 bits per heavy atom. The zero-order valence-corrected chi connectivity index (χ0v) is 12.2. The molecule has 0 saturated carbocycles. The lowest BCUT2D eigenvalue weighted by molar-refractivity contribution is -0.138. The summed E-state index contributed by atoms with van der Waals surface area (Å²) in [5, 5.41) is 8.72. The third kappa shape index (κ3) is 4.35. The molecule has 0 heterocycles. The second-order valence-corrected chi connectivity index (χ2v) is 5.23. The van der Waals surface area contributed by atoms with E-state index in [1.807, 2.05) is 31.1 Å². The van der Waals surface area contributed by atoms with E-state index in [1.165, 1.54) is 0 Å². The van der Waals surface area contributed by atoms with Crippen molar-refractivity contribution in [1.29, 1.82) is 0 Å². The minimum atomic E-state index is -1.03. The van der Waals surface area contributed by atoms with Gasteiger partial charge < -0.3 is 15.7 Å². The average Bonchev–Trinajstić information content (AvgIpc) is 2.43. The Morgan fingerprint density at radius 1 is 1.20 bits per heavy atom. The number of aliphatic carboxylic acids is 1. The third-order valence-electron chi connectivity index (χ3n) is 3.34. The fourth-order valence-electron chi connectivity index (χ4n) is 1.89. The number of carboxylic acids is 1. The molecule has 0 fully saturated rings. The Hall–Kier alpha value is -1.88. The Bertz CT molecular complexity index is 469. The number of hydrogen-bond acceptors (Lipinski definition) is 4. The van der Waals surface area contributed by atoms with Gasteiger partial charge in [-0.1, -0.05) is 6.92 Å². The molecule has 0 aliphatic heterocycles. The molecule has 0 bridgehead atoms. The van der Waals surface area contributed by atoms with Crippen LogP contribution in [-0.2, 0) is 4.79 Å². The van der Waals surface area contributed by atoms with Gasteiger partial charge in [-0.2, -0.15) is 0 Å². The lowest BCUT2D eigenvalue weighted by Crippen LogP contribution is -2.30. The molecule has 1 aromatic rings. The normalized spacial score (nSPS) is 13.6. The number of nitrogens with two attached hydrogens (primary N) is 1. The van der Waals surface area contributed by atoms with E-state index in [9.17, 15) is 9.59 Å². The van der Waals surface area contributed by atoms with Crippen LogP contribution in [0.25, 0.3) is 0 Å². The summed E-state index contributed by atoms with van der Waals surface area (Å²) in [4.78, 5) is 24.8. The van der Waals surface area contributed by atoms with Gasteiger partial charge in [0.15, 0.2) is 5.78 Å². The topological polar surface area (TPSA) is 83.6 Å². The third-order valence-corrected chi connectivity index (χ3v) is 3.34. The van der Waals surface area contributed by atoms with Crippen molar-refractivity contribution in [1.82, 2.24) is 0 Å². The number of anilines is 1. The van der Waals surface area contributed by atoms with E-state index >= 15 is 0 Å². The zero-order valence-electron chi connectivity index (χ0n) is 12.2. The highest BCUT2D eigenvalue weighted by Crippen LogP contribution is 2.18. The summed E-state index contributed by atoms with van der Waals surface area (Å²) in [6, 6.07) is 6.48. The van der Waals surface area contributed by atoms with Crippen LogP contribution in [0.5, 0.6) is 0 Å². The molecule has 20 heavy (non-hydrogen) atoms. The van der Waals surface area contributed by atoms with Crippen molar-refractivity contribution < 1.29 is 14.7 Å². The predicted molar refractivity (Wildman–Crippen MR) is 79.1 cm³/mol. The zero-order chi connectivity index (χ0) is 15.3. The first-order chi connectivity index (χ1) is 9.32. The quantitative estimate of drug-likeness (QED) is 0.743. The number of benzene rings is 1. The Balaban J connectivity index is 2.62. The minimum absolute atomic E-state index is 0.0212. The molecule has 5 nitrogen and oxygen atoms in total. The molecule has 0 radical (unpaired) electrons. The number of carbonyl (C=O) groups excluding carboxylic acids is 1. The van der Waals surface area contributed by atoms with E-state index in [0.717, 1.165) is 5.69 Å². The molecule has 0 saturated heterocycles. The smallest absolute Gasteiger partial charge is 0.320 e. The van der Waals surface area contributed by atoms with Gasteiger partial charge in [0, 0.05) is 31.3 Å². The first-order valence-electron chi connectivity index (χ1n) is 6.63. The van der Waals surface area contributed by atoms with Crippen molar-refractivity contribution in [3.63, 3.8) is 0 Å². The summed E-state index contributed by atoms with van der Waals surface area (Å²) < 4.78 is 0. The Kier molecular flexibility index (Phi) is 5.70. The predicted octanol–water partition coefficient (Wildman–Crippen LogP) is 1.76. The number of ketones is 1. The van der Waals surface area contributed by atoms with E-state index in [4.69, 9.17) is 10.8 Å². The number of nitrogens with zero attached hydrogens (tertiary/aromatic N) is 1. The van der Waals surface area contributed by atoms with Gasteiger partial charge in [0.2, 0.25) is 0 Å². The molecule has 5 heteroatoms. The Morgan fingerprint density at radius 3 is 2.20 bits per heavy atom. The molecule has 0 spiro atoms. The number of carbonyl (C=O) groups is 2. The van der Waals surface area contributed by atoms with Gasteiger partial charge >= 0.3 is 5.97 Å². The van der Waals surface area contributed by atoms with Gasteiger partial charge in [0.1, 0.15) is 6.04 Å². The van der Waals surface area contributed by atoms with Gasteiger partial charge in [-0.3, -0.25) is 9.59 Å². The van der Waals surface area contributed by atoms with Crippen molar-refractivity contribution in [3.8, 4) is 0 Å². The summed E-state index contributed by atoms with van der Waals surface area (Å²) in [5.41, 5.74) is 7.12. The van der Waals surface area contributed by atoms with Crippen LogP contribution >= 0.6 is 0 Å². The second-order valence-electron chi connectivity index (χ2n) is 5.23. The van der Waals surface area contributed by atoms with Gasteiger partial charge in [0.05, 0.1) is 0 Å². The first kappa shape index (κ1) is 16.2. The van der Waals surface area contributed by atoms with Gasteiger partial charge in [-0.15, -0.1) is 0 Å². The highest BCUT2D eigenvalue weighted by atomic mass is 16.4. The maximum absolute atomic E-state index is 12.2. The first-order valence-corrected chi connectivity index (χ1v) is 6.63. The lowest BCUT2D eigenvalue weighted by atomic mass is 9.93. The summed E-state index contributed by atoms with van der Waals surface area (Å²) in [5.74, 6) is -1.24. The number of hydrogen-bond donors (Lipinski definition) is 2. The van der Waals surface area contributed by atoms with Crippen LogP contribution in [-0.4, -0.2) is 37.0 Å². The van der Waals surface area contributed by atoms with E-state index in [1.54, 1.807) is 19.1 Å². The molecular formula is C15H22N2O3. The van der Waals surface area contributed by atoms with Crippen molar-refractivity contribution >= 4 is 17.4 Å². The van der Waals surface area contributed by atoms with Crippen LogP contribution < -0.4 is 10.6 Å². The fourth-order valence-corrected chi connectivity index (χ4v) is 1.89. The van der Waals surface area contributed by atoms with E-state index < -0.39 is 12.0 Å². The molecule has 0 amide bonds. The van der Waals surface area contributed by atoms with Crippen molar-refractivity contribution in [2.75, 3.05) is 19.0 Å². The van der Waals surface area contributed by atoms with Crippen LogP contribution in [0.15, 0.2) is 24.3 Å². The van der Waals surface area contributed by atoms with E-state index in [2.05, 4.69) is 0 Å². The maximum Gasteiger partial charge on any atom is 0.320 e. The van der Waals surface area contributed by atoms with Crippen LogP contribution in [0, 0.1) is 5.92 Å².